The molecule has 1 saturated heterocycles. The van der Waals surface area contributed by atoms with Crippen LogP contribution in [-0.4, -0.2) is 144 Å². The number of aliphatic hydroxyl groups excluding tert-OH is 1. The number of benzene rings is 2. The lowest BCUT2D eigenvalue weighted by molar-refractivity contribution is -0.160. The first-order chi connectivity index (χ1) is 39.4. The van der Waals surface area contributed by atoms with Crippen LogP contribution >= 0.6 is 11.8 Å². The third-order valence-corrected chi connectivity index (χ3v) is 16.4. The Hall–Kier alpha value is -7.14. The molecule has 83 heavy (non-hydrogen) atoms. The van der Waals surface area contributed by atoms with Crippen LogP contribution in [0, 0.1) is 42.3 Å². The van der Waals surface area contributed by atoms with Gasteiger partial charge in [0.2, 0.25) is 0 Å². The van der Waals surface area contributed by atoms with Crippen LogP contribution in [0.1, 0.15) is 88.8 Å². The fourth-order valence-electron chi connectivity index (χ4n) is 10.1. The second-order valence-electron chi connectivity index (χ2n) is 21.0. The van der Waals surface area contributed by atoms with Gasteiger partial charge in [-0.3, -0.25) is 29.1 Å². The van der Waals surface area contributed by atoms with Gasteiger partial charge in [0.05, 0.1) is 86.5 Å². The van der Waals surface area contributed by atoms with Gasteiger partial charge in [0.15, 0.2) is 17.4 Å². The Kier molecular flexibility index (Phi) is 21.0. The third kappa shape index (κ3) is 14.4. The number of aromatic hydroxyl groups is 3. The van der Waals surface area contributed by atoms with Crippen molar-refractivity contribution in [3.8, 4) is 23.0 Å². The van der Waals surface area contributed by atoms with Crippen molar-refractivity contribution in [2.75, 3.05) is 57.1 Å². The number of hydrogen-bond acceptors (Lipinski definition) is 23. The van der Waals surface area contributed by atoms with E-state index in [1.165, 1.54) is 56.7 Å². The first-order valence-corrected chi connectivity index (χ1v) is 28.0. The summed E-state index contributed by atoms with van der Waals surface area (Å²) >= 11 is 1.28. The van der Waals surface area contributed by atoms with E-state index in [1.54, 1.807) is 39.1 Å². The van der Waals surface area contributed by atoms with Crippen molar-refractivity contribution in [2.45, 2.75) is 118 Å². The molecule has 0 aliphatic carbocycles. The minimum absolute atomic E-state index is 0.0254. The van der Waals surface area contributed by atoms with Crippen molar-refractivity contribution in [3.05, 3.63) is 87.2 Å². The van der Waals surface area contributed by atoms with Gasteiger partial charge >= 0.3 is 23.4 Å². The molecule has 27 heteroatoms. The highest BCUT2D eigenvalue weighted by Crippen LogP contribution is 2.55. The zero-order valence-corrected chi connectivity index (χ0v) is 48.7. The lowest BCUT2D eigenvalue weighted by Gasteiger charge is -2.38. The Morgan fingerprint density at radius 3 is 2.43 bits per heavy atom. The Labute approximate surface area is 482 Å². The molecule has 2 aromatic heterocycles. The minimum Gasteiger partial charge on any atom is -0.507 e. The van der Waals surface area contributed by atoms with E-state index in [9.17, 15) is 48.8 Å². The summed E-state index contributed by atoms with van der Waals surface area (Å²) in [4.78, 5) is 69.2. The monoisotopic (exact) mass is 1180 g/mol. The molecule has 452 valence electrons. The van der Waals surface area contributed by atoms with Crippen LogP contribution in [0.15, 0.2) is 53.3 Å². The standard InChI is InChI=1S/C56H73FN8O17S/c1-27-12-11-13-28(2)54(73)60-45-36(21-59-26-77-19-18-76-17-15-64-22-35(62-63-64)20-40(67)78-24-41-81-39(25-83-41)65-23-37(57)53(58)61-55(65)74)48(70)42-43(49(45)71)47(69)33(7)51-44(42)52(72)56(9,82-51)79-16-14-38(75-10)31(5)50(80-34(8)66)32(6)46(68)30(4)29(27)3/h11-14,16,22-23,27,29-32,38-39,41,46,50,59,68-71H,15,17-21,24-26H2,1-10H3,(H,60,73)(H2,58,61,74)/b12-11+,16-14+,28-13-/t27-,29-,30+,31+,32+,38-,39?,41?,46+,50+,56-/m0/s1. The molecule has 4 aliphatic rings. The summed E-state index contributed by atoms with van der Waals surface area (Å²) in [5.41, 5.74) is 4.01. The van der Waals surface area contributed by atoms with E-state index in [0.717, 1.165) is 10.8 Å². The van der Waals surface area contributed by atoms with E-state index in [1.807, 2.05) is 26.8 Å². The lowest BCUT2D eigenvalue weighted by Crippen LogP contribution is -2.45. The largest absolute Gasteiger partial charge is 0.507 e. The van der Waals surface area contributed by atoms with Crippen LogP contribution in [0.25, 0.3) is 10.8 Å². The molecule has 4 aromatic rings. The van der Waals surface area contributed by atoms with Crippen LogP contribution in [-0.2, 0) is 67.1 Å². The Morgan fingerprint density at radius 2 is 1.71 bits per heavy atom. The molecule has 8 N–H and O–H groups in total. The molecule has 2 aromatic carbocycles. The maximum atomic E-state index is 14.6. The van der Waals surface area contributed by atoms with Gasteiger partial charge in [-0.1, -0.05) is 58.1 Å². The number of aliphatic hydroxyl groups is 1. The number of thioether (sulfide) groups is 1. The van der Waals surface area contributed by atoms with Crippen molar-refractivity contribution in [1.82, 2.24) is 29.9 Å². The highest BCUT2D eigenvalue weighted by Gasteiger charge is 2.50. The van der Waals surface area contributed by atoms with Gasteiger partial charge in [-0.25, -0.2) is 13.9 Å². The summed E-state index contributed by atoms with van der Waals surface area (Å²) in [5.74, 6) is -9.29. The number of Topliss-reactive ketones (excluding diaryl/α,β-unsaturated/α-hetero) is 1. The van der Waals surface area contributed by atoms with Gasteiger partial charge < -0.3 is 69.4 Å². The number of hydrogen-bond donors (Lipinski definition) is 7. The van der Waals surface area contributed by atoms with Crippen LogP contribution in [0.4, 0.5) is 15.9 Å². The molecule has 0 spiro atoms. The number of fused-ring (bicyclic) bond motifs is 14. The van der Waals surface area contributed by atoms with Crippen molar-refractivity contribution in [3.63, 3.8) is 0 Å². The number of allylic oxidation sites excluding steroid dienone is 3. The van der Waals surface area contributed by atoms with E-state index in [0.29, 0.717) is 11.4 Å². The number of carbonyl (C=O) groups excluding carboxylic acids is 4. The number of rotatable bonds is 17. The molecule has 0 radical (unpaired) electrons. The number of ketones is 1. The number of methoxy groups -OCH3 is 1. The van der Waals surface area contributed by atoms with Gasteiger partial charge in [-0.15, -0.1) is 16.9 Å². The maximum Gasteiger partial charge on any atom is 0.351 e. The van der Waals surface area contributed by atoms with Gasteiger partial charge in [0.25, 0.3) is 11.7 Å². The molecule has 4 aliphatic heterocycles. The zero-order chi connectivity index (χ0) is 60.6. The predicted molar refractivity (Wildman–Crippen MR) is 299 cm³/mol. The smallest absolute Gasteiger partial charge is 0.351 e. The summed E-state index contributed by atoms with van der Waals surface area (Å²) in [6.07, 6.45) is 6.85. The highest BCUT2D eigenvalue weighted by atomic mass is 32.2. The molecule has 0 saturated carbocycles. The number of aromatic nitrogens is 5. The number of esters is 2. The summed E-state index contributed by atoms with van der Waals surface area (Å²) in [6.45, 7) is 15.3. The minimum atomic E-state index is -2.08. The Bertz CT molecular complexity index is 3210. The van der Waals surface area contributed by atoms with Gasteiger partial charge in [-0.2, -0.15) is 4.98 Å². The van der Waals surface area contributed by atoms with Gasteiger partial charge in [-0.05, 0) is 37.7 Å². The average Bonchev–Trinajstić information content (AvgIpc) is 4.12. The lowest BCUT2D eigenvalue weighted by atomic mass is 9.75. The quantitative estimate of drug-likeness (QED) is 0.0239. The first kappa shape index (κ1) is 63.4. The number of anilines is 2. The van der Waals surface area contributed by atoms with Crippen LogP contribution in [0.5, 0.6) is 23.0 Å². The van der Waals surface area contributed by atoms with E-state index < -0.39 is 106 Å². The van der Waals surface area contributed by atoms with Gasteiger partial charge in [0.1, 0.15) is 41.6 Å². The van der Waals surface area contributed by atoms with Crippen LogP contribution in [0.3, 0.4) is 0 Å². The number of phenolic OH excluding ortho intramolecular Hbond substituents is 3. The molecule has 8 rings (SSSR count). The number of amides is 1. The molecule has 5 bridgehead atoms. The molecular weight excluding hydrogens is 1110 g/mol. The SMILES string of the molecule is CO[C@H]1/C=C/O[C@@]2(C)Oc3c(C)c(O)c4c(O)c(c(CNCOCCOCCn5cc(CC(=O)OCC6OC(n7cc(F)c(N)nc7=O)CS6)nn5)c(O)c4c3C2=O)NC(=O)/C(C)=C\C=C\[C@H](C)[C@H](C)[C@@H](C)[C@@H](O)[C@@H](C)[C@H](OC(C)=O)[C@@H]1C. The topological polar surface area (TPSA) is 339 Å². The number of nitrogens with zero attached hydrogens (tertiary/aromatic N) is 5. The summed E-state index contributed by atoms with van der Waals surface area (Å²) in [7, 11) is 1.45. The van der Waals surface area contributed by atoms with Crippen LogP contribution in [0.2, 0.25) is 0 Å². The van der Waals surface area contributed by atoms with Crippen molar-refractivity contribution >= 4 is 57.7 Å². The van der Waals surface area contributed by atoms with Crippen molar-refractivity contribution in [2.24, 2.45) is 29.6 Å². The molecule has 2 unspecified atom stereocenters. The second kappa shape index (κ2) is 27.5. The Balaban J connectivity index is 1.01. The zero-order valence-electron chi connectivity index (χ0n) is 47.9. The van der Waals surface area contributed by atoms with E-state index >= 15 is 0 Å². The van der Waals surface area contributed by atoms with Gasteiger partial charge in [0, 0.05) is 73.4 Å². The summed E-state index contributed by atoms with van der Waals surface area (Å²) < 4.78 is 62.8. The number of nitrogens with one attached hydrogen (secondary N) is 2. The van der Waals surface area contributed by atoms with Crippen LogP contribution < -0.4 is 26.8 Å². The Morgan fingerprint density at radius 1 is 0.976 bits per heavy atom. The van der Waals surface area contributed by atoms with E-state index in [4.69, 9.17) is 43.6 Å². The van der Waals surface area contributed by atoms with Crippen molar-refractivity contribution < 1.29 is 81.9 Å². The average molecular weight is 1180 g/mol. The van der Waals surface area contributed by atoms with E-state index in [-0.39, 0.29) is 115 Å². The third-order valence-electron chi connectivity index (χ3n) is 15.3. The fraction of sp³-hybridized carbons (Fsp3) is 0.536. The molecule has 11 atom stereocenters. The number of nitrogens with two attached hydrogens (primary N) is 1. The summed E-state index contributed by atoms with van der Waals surface area (Å²) in [5, 5.41) is 61.0. The summed E-state index contributed by atoms with van der Waals surface area (Å²) in [6, 6.07) is 0. The predicted octanol–water partition coefficient (Wildman–Crippen LogP) is 5.05. The van der Waals surface area contributed by atoms with Crippen molar-refractivity contribution in [1.29, 1.82) is 0 Å². The molecule has 1 amide bonds. The maximum absolute atomic E-state index is 14.6. The number of phenols is 3. The second-order valence-corrected chi connectivity index (χ2v) is 22.2. The normalized spacial score (nSPS) is 27.4. The molecule has 6 heterocycles. The molecule has 25 nitrogen and oxygen atoms in total. The number of carbonyl (C=O) groups is 4. The first-order valence-electron chi connectivity index (χ1n) is 27.0. The highest BCUT2D eigenvalue weighted by molar-refractivity contribution is 8.00. The molecular formula is C56H73FN8O17S. The number of halogens is 1. The number of nitrogen functional groups attached to an aromatic ring is 1. The van der Waals surface area contributed by atoms with E-state index in [2.05, 4.69) is 25.9 Å². The fourth-order valence-corrected chi connectivity index (χ4v) is 11.0. The molecule has 1 fully saturated rings. The number of ether oxygens (including phenoxy) is 8.